The lowest BCUT2D eigenvalue weighted by molar-refractivity contribution is 0.547. The van der Waals surface area contributed by atoms with Gasteiger partial charge in [-0.05, 0) is 51.9 Å². The van der Waals surface area contributed by atoms with Crippen LogP contribution in [0.3, 0.4) is 0 Å². The van der Waals surface area contributed by atoms with Crippen molar-refractivity contribution in [2.75, 3.05) is 26.2 Å². The molecule has 18 heavy (non-hydrogen) atoms. The summed E-state index contributed by atoms with van der Waals surface area (Å²) in [6, 6.07) is 0. The average molecular weight is 255 g/mol. The molecule has 0 saturated carbocycles. The predicted octanol–water partition coefficient (Wildman–Crippen LogP) is 3.92. The maximum atomic E-state index is 3.86. The van der Waals surface area contributed by atoms with E-state index in [1.807, 2.05) is 0 Å². The molecule has 0 rings (SSSR count). The highest BCUT2D eigenvalue weighted by Gasteiger charge is 1.91. The maximum Gasteiger partial charge on any atom is -0.00484 e. The van der Waals surface area contributed by atoms with Crippen molar-refractivity contribution in [2.24, 2.45) is 0 Å². The van der Waals surface area contributed by atoms with E-state index in [1.54, 1.807) is 0 Å². The summed E-state index contributed by atoms with van der Waals surface area (Å²) in [5.74, 6) is 0. The standard InChI is InChI=1S/C16H35N2/c1-3-5-7-9-13-17-15-11-12-16-18-14-10-8-6-4-2/h17-18H,1,3-16H2,2H3. The third-order valence-corrected chi connectivity index (χ3v) is 3.27. The first-order valence-corrected chi connectivity index (χ1v) is 8.12. The van der Waals surface area contributed by atoms with Crippen LogP contribution in [0.5, 0.6) is 0 Å². The minimum atomic E-state index is 1.09. The topological polar surface area (TPSA) is 24.1 Å². The Morgan fingerprint density at radius 2 is 1.06 bits per heavy atom. The van der Waals surface area contributed by atoms with Gasteiger partial charge in [-0.15, -0.1) is 0 Å². The highest BCUT2D eigenvalue weighted by Crippen LogP contribution is 1.98. The second-order valence-electron chi connectivity index (χ2n) is 5.18. The summed E-state index contributed by atoms with van der Waals surface area (Å²) in [6.07, 6.45) is 13.1. The van der Waals surface area contributed by atoms with Crippen LogP contribution in [0, 0.1) is 6.92 Å². The van der Waals surface area contributed by atoms with Gasteiger partial charge in [0.15, 0.2) is 0 Å². The van der Waals surface area contributed by atoms with Gasteiger partial charge < -0.3 is 10.6 Å². The Bertz CT molecular complexity index is 121. The lowest BCUT2D eigenvalue weighted by Gasteiger charge is -2.06. The van der Waals surface area contributed by atoms with Crippen LogP contribution in [0.25, 0.3) is 0 Å². The zero-order valence-corrected chi connectivity index (χ0v) is 12.6. The number of hydrogen-bond donors (Lipinski definition) is 2. The summed E-state index contributed by atoms with van der Waals surface area (Å²) >= 11 is 0. The Labute approximate surface area is 115 Å². The van der Waals surface area contributed by atoms with Crippen molar-refractivity contribution < 1.29 is 0 Å². The molecule has 0 fully saturated rings. The fourth-order valence-corrected chi connectivity index (χ4v) is 2.03. The van der Waals surface area contributed by atoms with Gasteiger partial charge in [0.25, 0.3) is 0 Å². The van der Waals surface area contributed by atoms with Crippen molar-refractivity contribution in [1.82, 2.24) is 10.6 Å². The van der Waals surface area contributed by atoms with Crippen LogP contribution in [0.4, 0.5) is 0 Å². The Kier molecular flexibility index (Phi) is 16.8. The normalized spacial score (nSPS) is 11.0. The lowest BCUT2D eigenvalue weighted by atomic mass is 10.2. The summed E-state index contributed by atoms with van der Waals surface area (Å²) in [5.41, 5.74) is 0. The van der Waals surface area contributed by atoms with Gasteiger partial charge in [-0.25, -0.2) is 0 Å². The maximum absolute atomic E-state index is 3.86. The van der Waals surface area contributed by atoms with E-state index in [-0.39, 0.29) is 0 Å². The molecule has 0 atom stereocenters. The van der Waals surface area contributed by atoms with Gasteiger partial charge in [0.2, 0.25) is 0 Å². The summed E-state index contributed by atoms with van der Waals surface area (Å²) in [6.45, 7) is 10.9. The van der Waals surface area contributed by atoms with E-state index in [0.29, 0.717) is 0 Å². The molecule has 1 radical (unpaired) electrons. The minimum absolute atomic E-state index is 1.09. The fraction of sp³-hybridized carbons (Fsp3) is 0.938. The Morgan fingerprint density at radius 3 is 1.50 bits per heavy atom. The van der Waals surface area contributed by atoms with Crippen LogP contribution in [0.15, 0.2) is 0 Å². The molecule has 0 aliphatic heterocycles. The monoisotopic (exact) mass is 255 g/mol. The molecule has 0 spiro atoms. The molecular weight excluding hydrogens is 220 g/mol. The van der Waals surface area contributed by atoms with Crippen LogP contribution in [0.2, 0.25) is 0 Å². The van der Waals surface area contributed by atoms with Gasteiger partial charge in [-0.3, -0.25) is 0 Å². The van der Waals surface area contributed by atoms with Crippen LogP contribution >= 0.6 is 0 Å². The average Bonchev–Trinajstić information content (AvgIpc) is 2.39. The van der Waals surface area contributed by atoms with Crippen LogP contribution in [-0.4, -0.2) is 26.2 Å². The molecule has 0 unspecified atom stereocenters. The molecule has 2 heteroatoms. The molecule has 2 nitrogen and oxygen atoms in total. The first-order chi connectivity index (χ1) is 8.91. The predicted molar refractivity (Wildman–Crippen MR) is 82.9 cm³/mol. The van der Waals surface area contributed by atoms with Gasteiger partial charge in [0.1, 0.15) is 0 Å². The molecule has 2 N–H and O–H groups in total. The fourth-order valence-electron chi connectivity index (χ4n) is 2.03. The third kappa shape index (κ3) is 15.9. The zero-order valence-electron chi connectivity index (χ0n) is 12.6. The highest BCUT2D eigenvalue weighted by atomic mass is 14.9. The van der Waals surface area contributed by atoms with Gasteiger partial charge in [0, 0.05) is 0 Å². The second kappa shape index (κ2) is 16.9. The molecule has 0 saturated heterocycles. The van der Waals surface area contributed by atoms with E-state index in [4.69, 9.17) is 0 Å². The number of unbranched alkanes of at least 4 members (excludes halogenated alkanes) is 7. The number of rotatable bonds is 15. The molecular formula is C16H35N2. The van der Waals surface area contributed by atoms with Crippen molar-refractivity contribution in [1.29, 1.82) is 0 Å². The summed E-state index contributed by atoms with van der Waals surface area (Å²) in [5, 5.41) is 7.04. The van der Waals surface area contributed by atoms with Crippen molar-refractivity contribution in [2.45, 2.75) is 71.1 Å². The Hall–Kier alpha value is -0.0800. The summed E-state index contributed by atoms with van der Waals surface area (Å²) in [4.78, 5) is 0. The molecule has 0 aliphatic rings. The summed E-state index contributed by atoms with van der Waals surface area (Å²) in [7, 11) is 0. The number of nitrogens with one attached hydrogen (secondary N) is 2. The van der Waals surface area contributed by atoms with Gasteiger partial charge in [0.05, 0.1) is 0 Å². The van der Waals surface area contributed by atoms with Crippen molar-refractivity contribution in [3.63, 3.8) is 0 Å². The van der Waals surface area contributed by atoms with Crippen LogP contribution in [0.1, 0.15) is 71.1 Å². The molecule has 0 aromatic heterocycles. The van der Waals surface area contributed by atoms with E-state index in [0.717, 1.165) is 6.42 Å². The molecule has 0 aromatic carbocycles. The van der Waals surface area contributed by atoms with E-state index in [1.165, 1.54) is 84.0 Å². The van der Waals surface area contributed by atoms with Gasteiger partial charge in [-0.2, -0.15) is 0 Å². The molecule has 0 bridgehead atoms. The van der Waals surface area contributed by atoms with Gasteiger partial charge >= 0.3 is 0 Å². The third-order valence-electron chi connectivity index (χ3n) is 3.27. The highest BCUT2D eigenvalue weighted by molar-refractivity contribution is 4.53. The molecule has 0 aromatic rings. The van der Waals surface area contributed by atoms with Crippen molar-refractivity contribution >= 4 is 0 Å². The SMILES string of the molecule is [CH2]CCCCCNCCCCNCCCCCC. The molecule has 0 aliphatic carbocycles. The largest absolute Gasteiger partial charge is 0.317 e. The van der Waals surface area contributed by atoms with Crippen molar-refractivity contribution in [3.05, 3.63) is 6.92 Å². The van der Waals surface area contributed by atoms with E-state index < -0.39 is 0 Å². The smallest absolute Gasteiger partial charge is 0.00484 e. The quantitative estimate of drug-likeness (QED) is 0.433. The van der Waals surface area contributed by atoms with Crippen molar-refractivity contribution in [3.8, 4) is 0 Å². The van der Waals surface area contributed by atoms with E-state index >= 15 is 0 Å². The number of hydrogen-bond acceptors (Lipinski definition) is 2. The zero-order chi connectivity index (χ0) is 13.3. The molecule has 0 amide bonds. The molecule has 109 valence electrons. The Morgan fingerprint density at radius 1 is 0.611 bits per heavy atom. The minimum Gasteiger partial charge on any atom is -0.317 e. The van der Waals surface area contributed by atoms with E-state index in [9.17, 15) is 0 Å². The summed E-state index contributed by atoms with van der Waals surface area (Å²) < 4.78 is 0. The lowest BCUT2D eigenvalue weighted by Crippen LogP contribution is -2.20. The van der Waals surface area contributed by atoms with Crippen LogP contribution < -0.4 is 10.6 Å². The first-order valence-electron chi connectivity index (χ1n) is 8.12. The molecule has 0 heterocycles. The first kappa shape index (κ1) is 17.9. The second-order valence-corrected chi connectivity index (χ2v) is 5.18. The van der Waals surface area contributed by atoms with Gasteiger partial charge in [-0.1, -0.05) is 52.4 Å². The van der Waals surface area contributed by atoms with Crippen LogP contribution in [-0.2, 0) is 0 Å². The Balaban J connectivity index is 2.86. The van der Waals surface area contributed by atoms with E-state index in [2.05, 4.69) is 24.5 Å².